The summed E-state index contributed by atoms with van der Waals surface area (Å²) in [5, 5.41) is 11.1. The van der Waals surface area contributed by atoms with Crippen molar-refractivity contribution in [3.05, 3.63) is 10.1 Å². The molecule has 86 valence electrons. The van der Waals surface area contributed by atoms with Crippen LogP contribution in [0.15, 0.2) is 0 Å². The Kier molecular flexibility index (Phi) is 5.76. The average Bonchev–Trinajstić information content (AvgIpc) is 2.13. The van der Waals surface area contributed by atoms with Gasteiger partial charge in [-0.3, -0.25) is 4.79 Å². The summed E-state index contributed by atoms with van der Waals surface area (Å²) in [6, 6.07) is -0.787. The van der Waals surface area contributed by atoms with Crippen LogP contribution in [0.1, 0.15) is 13.8 Å². The fraction of sp³-hybridized carbons (Fsp3) is 0.714. The smallest absolute Gasteiger partial charge is 0.328 e. The Labute approximate surface area is 85.6 Å². The molecule has 0 aliphatic heterocycles. The number of hydrogen-bond acceptors (Lipinski definition) is 6. The lowest BCUT2D eigenvalue weighted by Crippen LogP contribution is -2.36. The number of amides is 1. The zero-order valence-corrected chi connectivity index (χ0v) is 8.34. The fourth-order valence-corrected chi connectivity index (χ4v) is 0.672. The molecule has 2 atom stereocenters. The predicted molar refractivity (Wildman–Crippen MR) is 47.2 cm³/mol. The van der Waals surface area contributed by atoms with Crippen LogP contribution in [-0.4, -0.2) is 36.2 Å². The van der Waals surface area contributed by atoms with Gasteiger partial charge in [0, 0.05) is 0 Å². The Hall–Kier alpha value is -1.86. The van der Waals surface area contributed by atoms with Crippen molar-refractivity contribution in [3.63, 3.8) is 0 Å². The SMILES string of the molecule is CC(COC(=O)C(C)NC=O)O[N+](=O)[O-]. The summed E-state index contributed by atoms with van der Waals surface area (Å²) < 4.78 is 4.63. The standard InChI is InChI=1S/C7H12N2O6/c1-5(15-9(12)13)3-14-7(11)6(2)8-4-10/h4-6H,3H2,1-2H3,(H,8,10). The molecule has 8 heteroatoms. The van der Waals surface area contributed by atoms with Gasteiger partial charge in [0.05, 0.1) is 0 Å². The second-order valence-corrected chi connectivity index (χ2v) is 2.78. The van der Waals surface area contributed by atoms with Gasteiger partial charge < -0.3 is 14.9 Å². The van der Waals surface area contributed by atoms with Gasteiger partial charge in [-0.1, -0.05) is 0 Å². The minimum atomic E-state index is -0.967. The number of carbonyl (C=O) groups excluding carboxylic acids is 2. The van der Waals surface area contributed by atoms with Gasteiger partial charge >= 0.3 is 5.97 Å². The van der Waals surface area contributed by atoms with Crippen molar-refractivity contribution < 1.29 is 24.3 Å². The van der Waals surface area contributed by atoms with Crippen LogP contribution in [0.25, 0.3) is 0 Å². The van der Waals surface area contributed by atoms with E-state index in [1.165, 1.54) is 13.8 Å². The Morgan fingerprint density at radius 3 is 2.67 bits per heavy atom. The molecule has 0 aromatic heterocycles. The number of hydrogen-bond donors (Lipinski definition) is 1. The topological polar surface area (TPSA) is 108 Å². The maximum Gasteiger partial charge on any atom is 0.328 e. The van der Waals surface area contributed by atoms with Gasteiger partial charge in [-0.05, 0) is 13.8 Å². The molecule has 0 heterocycles. The molecule has 0 saturated carbocycles. The second-order valence-electron chi connectivity index (χ2n) is 2.78. The van der Waals surface area contributed by atoms with E-state index in [2.05, 4.69) is 14.9 Å². The van der Waals surface area contributed by atoms with E-state index in [0.29, 0.717) is 6.41 Å². The molecule has 0 aromatic rings. The number of rotatable bonds is 7. The summed E-state index contributed by atoms with van der Waals surface area (Å²) >= 11 is 0. The molecule has 0 aromatic carbocycles. The van der Waals surface area contributed by atoms with Crippen LogP contribution in [0.3, 0.4) is 0 Å². The molecule has 0 rings (SSSR count). The van der Waals surface area contributed by atoms with Crippen molar-refractivity contribution in [3.8, 4) is 0 Å². The molecule has 0 aliphatic carbocycles. The number of carbonyl (C=O) groups is 2. The van der Waals surface area contributed by atoms with E-state index in [0.717, 1.165) is 0 Å². The molecule has 0 bridgehead atoms. The van der Waals surface area contributed by atoms with Crippen molar-refractivity contribution in [1.29, 1.82) is 0 Å². The molecule has 15 heavy (non-hydrogen) atoms. The molecule has 0 aliphatic rings. The van der Waals surface area contributed by atoms with Crippen molar-refractivity contribution in [1.82, 2.24) is 5.32 Å². The monoisotopic (exact) mass is 220 g/mol. The van der Waals surface area contributed by atoms with Gasteiger partial charge in [-0.2, -0.15) is 0 Å². The average molecular weight is 220 g/mol. The number of esters is 1. The highest BCUT2D eigenvalue weighted by atomic mass is 17.0. The first kappa shape index (κ1) is 13.1. The van der Waals surface area contributed by atoms with Gasteiger partial charge in [0.1, 0.15) is 18.8 Å². The van der Waals surface area contributed by atoms with E-state index in [-0.39, 0.29) is 6.61 Å². The van der Waals surface area contributed by atoms with Gasteiger partial charge in [-0.25, -0.2) is 4.79 Å². The van der Waals surface area contributed by atoms with E-state index in [1.54, 1.807) is 0 Å². The van der Waals surface area contributed by atoms with E-state index >= 15 is 0 Å². The highest BCUT2D eigenvalue weighted by molar-refractivity contribution is 5.77. The largest absolute Gasteiger partial charge is 0.462 e. The number of ether oxygens (including phenoxy) is 1. The Balaban J connectivity index is 3.79. The molecular weight excluding hydrogens is 208 g/mol. The molecule has 0 saturated heterocycles. The van der Waals surface area contributed by atoms with Crippen molar-refractivity contribution in [2.75, 3.05) is 6.61 Å². The molecule has 8 nitrogen and oxygen atoms in total. The minimum Gasteiger partial charge on any atom is -0.462 e. The van der Waals surface area contributed by atoms with Crippen LogP contribution in [0, 0.1) is 10.1 Å². The van der Waals surface area contributed by atoms with Gasteiger partial charge in [0.25, 0.3) is 5.09 Å². The van der Waals surface area contributed by atoms with Gasteiger partial charge in [0.15, 0.2) is 0 Å². The lowest BCUT2D eigenvalue weighted by atomic mass is 10.3. The Morgan fingerprint density at radius 1 is 1.60 bits per heavy atom. The summed E-state index contributed by atoms with van der Waals surface area (Å²) in [6.07, 6.45) is -0.476. The molecule has 2 unspecified atom stereocenters. The molecule has 0 spiro atoms. The van der Waals surface area contributed by atoms with Gasteiger partial charge in [0.2, 0.25) is 6.41 Å². The van der Waals surface area contributed by atoms with E-state index in [1.807, 2.05) is 0 Å². The first-order chi connectivity index (χ1) is 6.97. The Morgan fingerprint density at radius 2 is 2.20 bits per heavy atom. The van der Waals surface area contributed by atoms with Crippen molar-refractivity contribution in [2.24, 2.45) is 0 Å². The maximum atomic E-state index is 11.1. The summed E-state index contributed by atoms with van der Waals surface area (Å²) in [5.41, 5.74) is 0. The summed E-state index contributed by atoms with van der Waals surface area (Å²) in [4.78, 5) is 35.0. The molecule has 1 N–H and O–H groups in total. The zero-order valence-electron chi connectivity index (χ0n) is 8.34. The first-order valence-electron chi connectivity index (χ1n) is 4.15. The van der Waals surface area contributed by atoms with E-state index < -0.39 is 23.2 Å². The van der Waals surface area contributed by atoms with Crippen LogP contribution >= 0.6 is 0 Å². The summed E-state index contributed by atoms with van der Waals surface area (Å²) in [7, 11) is 0. The molecule has 0 fully saturated rings. The van der Waals surface area contributed by atoms with E-state index in [4.69, 9.17) is 0 Å². The zero-order chi connectivity index (χ0) is 11.8. The number of nitrogens with zero attached hydrogens (tertiary/aromatic N) is 1. The molecule has 1 amide bonds. The Bertz CT molecular complexity index is 244. The van der Waals surface area contributed by atoms with Crippen LogP contribution in [0.2, 0.25) is 0 Å². The maximum absolute atomic E-state index is 11.1. The normalized spacial score (nSPS) is 13.5. The minimum absolute atomic E-state index is 0.245. The van der Waals surface area contributed by atoms with Crippen LogP contribution in [0.5, 0.6) is 0 Å². The lowest BCUT2D eigenvalue weighted by Gasteiger charge is -2.13. The quantitative estimate of drug-likeness (QED) is 0.262. The molecular formula is C7H12N2O6. The third kappa shape index (κ3) is 6.24. The third-order valence-electron chi connectivity index (χ3n) is 1.40. The summed E-state index contributed by atoms with van der Waals surface area (Å²) in [5.74, 6) is -0.680. The molecule has 0 radical (unpaired) electrons. The van der Waals surface area contributed by atoms with Crippen LogP contribution < -0.4 is 5.32 Å². The van der Waals surface area contributed by atoms with Crippen LogP contribution in [0.4, 0.5) is 0 Å². The first-order valence-corrected chi connectivity index (χ1v) is 4.15. The van der Waals surface area contributed by atoms with Gasteiger partial charge in [-0.15, -0.1) is 10.1 Å². The fourth-order valence-electron chi connectivity index (χ4n) is 0.672. The third-order valence-corrected chi connectivity index (χ3v) is 1.40. The number of nitrogens with one attached hydrogen (secondary N) is 1. The lowest BCUT2D eigenvalue weighted by molar-refractivity contribution is -0.767. The van der Waals surface area contributed by atoms with Crippen molar-refractivity contribution in [2.45, 2.75) is 26.0 Å². The highest BCUT2D eigenvalue weighted by Gasteiger charge is 2.15. The predicted octanol–water partition coefficient (Wildman–Crippen LogP) is -0.739. The highest BCUT2D eigenvalue weighted by Crippen LogP contribution is 1.94. The van der Waals surface area contributed by atoms with Crippen LogP contribution in [-0.2, 0) is 19.2 Å². The van der Waals surface area contributed by atoms with E-state index in [9.17, 15) is 19.7 Å². The summed E-state index contributed by atoms with van der Waals surface area (Å²) in [6.45, 7) is 2.56. The second kappa shape index (κ2) is 6.57. The van der Waals surface area contributed by atoms with Crippen molar-refractivity contribution >= 4 is 12.4 Å².